The van der Waals surface area contributed by atoms with E-state index in [1.54, 1.807) is 23.2 Å². The molecule has 0 spiro atoms. The predicted molar refractivity (Wildman–Crippen MR) is 67.7 cm³/mol. The number of hydrogen-bond acceptors (Lipinski definition) is 3. The number of carbonyl (C=O) groups excluding carboxylic acids is 1. The summed E-state index contributed by atoms with van der Waals surface area (Å²) >= 11 is 0. The molecule has 0 saturated heterocycles. The van der Waals surface area contributed by atoms with Crippen molar-refractivity contribution in [1.29, 1.82) is 0 Å². The average Bonchev–Trinajstić information content (AvgIpc) is 2.88. The molecule has 0 unspecified atom stereocenters. The van der Waals surface area contributed by atoms with Crippen molar-refractivity contribution in [3.8, 4) is 0 Å². The minimum Gasteiger partial charge on any atom is -0.459 e. The Balaban J connectivity index is 2.54. The van der Waals surface area contributed by atoms with Crippen LogP contribution in [0.15, 0.2) is 35.6 Å². The third kappa shape index (κ3) is 3.75. The van der Waals surface area contributed by atoms with E-state index >= 15 is 0 Å². The Morgan fingerprint density at radius 3 is 2.59 bits per heavy atom. The number of rotatable bonds is 7. The molecule has 0 saturated carbocycles. The Bertz CT molecular complexity index is 342. The molecule has 1 heterocycles. The molecule has 0 radical (unpaired) electrons. The molecule has 4 heteroatoms. The van der Waals surface area contributed by atoms with Gasteiger partial charge in [0.2, 0.25) is 0 Å². The van der Waals surface area contributed by atoms with Crippen molar-refractivity contribution in [2.45, 2.75) is 13.8 Å². The number of carbonyl (C=O) groups is 1. The number of likely N-dealkylation sites (N-methyl/N-ethyl adjacent to an activating group) is 1. The van der Waals surface area contributed by atoms with Crippen LogP contribution in [0.5, 0.6) is 0 Å². The van der Waals surface area contributed by atoms with Crippen LogP contribution in [0.2, 0.25) is 0 Å². The molecular formula is C13H20N2O2. The first kappa shape index (κ1) is 13.5. The quantitative estimate of drug-likeness (QED) is 0.728. The molecule has 17 heavy (non-hydrogen) atoms. The summed E-state index contributed by atoms with van der Waals surface area (Å²) in [4.78, 5) is 15.8. The predicted octanol–water partition coefficient (Wildman–Crippen LogP) is 2.21. The van der Waals surface area contributed by atoms with Gasteiger partial charge in [-0.05, 0) is 25.2 Å². The van der Waals surface area contributed by atoms with Crippen molar-refractivity contribution in [1.82, 2.24) is 9.80 Å². The fourth-order valence-corrected chi connectivity index (χ4v) is 1.61. The summed E-state index contributed by atoms with van der Waals surface area (Å²) in [6.07, 6.45) is 3.05. The molecule has 1 rings (SSSR count). The highest BCUT2D eigenvalue weighted by Crippen LogP contribution is 2.06. The summed E-state index contributed by atoms with van der Waals surface area (Å²) in [5.74, 6) is 0.210. The van der Waals surface area contributed by atoms with Crippen LogP contribution >= 0.6 is 0 Å². The normalized spacial score (nSPS) is 10.5. The Hall–Kier alpha value is -1.55. The molecule has 0 aliphatic heterocycles. The molecule has 1 aromatic rings. The maximum absolute atomic E-state index is 12.0. The molecule has 0 bridgehead atoms. The first-order valence-corrected chi connectivity index (χ1v) is 5.92. The molecule has 1 amide bonds. The van der Waals surface area contributed by atoms with Crippen LogP contribution in [0, 0.1) is 0 Å². The van der Waals surface area contributed by atoms with Gasteiger partial charge < -0.3 is 14.2 Å². The van der Waals surface area contributed by atoms with E-state index in [4.69, 9.17) is 4.42 Å². The summed E-state index contributed by atoms with van der Waals surface area (Å²) in [5, 5.41) is 0. The molecule has 0 aliphatic rings. The van der Waals surface area contributed by atoms with Crippen molar-refractivity contribution in [2.24, 2.45) is 0 Å². The Labute approximate surface area is 103 Å². The number of hydrogen-bond donors (Lipinski definition) is 0. The van der Waals surface area contributed by atoms with Gasteiger partial charge in [-0.3, -0.25) is 4.79 Å². The minimum absolute atomic E-state index is 0.142. The zero-order chi connectivity index (χ0) is 12.7. The van der Waals surface area contributed by atoms with E-state index < -0.39 is 0 Å². The smallest absolute Gasteiger partial charge is 0.293 e. The van der Waals surface area contributed by atoms with Gasteiger partial charge in [0, 0.05) is 19.3 Å². The fourth-order valence-electron chi connectivity index (χ4n) is 1.61. The van der Waals surface area contributed by atoms with Gasteiger partial charge in [0.25, 0.3) is 5.91 Å². The Morgan fingerprint density at radius 2 is 2.12 bits per heavy atom. The van der Waals surface area contributed by atoms with Gasteiger partial charge in [-0.2, -0.15) is 0 Å². The van der Waals surface area contributed by atoms with Gasteiger partial charge in [0.1, 0.15) is 0 Å². The molecule has 1 aromatic heterocycles. The molecule has 0 aromatic carbocycles. The molecule has 0 fully saturated rings. The summed E-state index contributed by atoms with van der Waals surface area (Å²) in [5.41, 5.74) is 0. The van der Waals surface area contributed by atoms with Crippen molar-refractivity contribution in [2.75, 3.05) is 26.2 Å². The second kappa shape index (κ2) is 6.91. The summed E-state index contributed by atoms with van der Waals surface area (Å²) in [6.45, 7) is 11.3. The SMILES string of the molecule is C=CN(CCN(CC)CC)C(=O)c1ccco1. The van der Waals surface area contributed by atoms with Gasteiger partial charge in [-0.15, -0.1) is 0 Å². The first-order chi connectivity index (χ1) is 8.22. The minimum atomic E-state index is -0.142. The van der Waals surface area contributed by atoms with Crippen LogP contribution in [0.3, 0.4) is 0 Å². The van der Waals surface area contributed by atoms with E-state index in [1.165, 1.54) is 6.26 Å². The summed E-state index contributed by atoms with van der Waals surface area (Å²) < 4.78 is 5.08. The second-order valence-electron chi connectivity index (χ2n) is 3.69. The lowest BCUT2D eigenvalue weighted by molar-refractivity contribution is 0.0778. The van der Waals surface area contributed by atoms with Crippen LogP contribution < -0.4 is 0 Å². The van der Waals surface area contributed by atoms with E-state index in [-0.39, 0.29) is 5.91 Å². The van der Waals surface area contributed by atoms with Gasteiger partial charge >= 0.3 is 0 Å². The molecule has 0 atom stereocenters. The maximum atomic E-state index is 12.0. The molecule has 0 N–H and O–H groups in total. The van der Waals surface area contributed by atoms with E-state index in [0.29, 0.717) is 12.3 Å². The standard InChI is InChI=1S/C13H20N2O2/c1-4-14(5-2)9-10-15(6-3)13(16)12-8-7-11-17-12/h6-8,11H,3-5,9-10H2,1-2H3. The third-order valence-electron chi connectivity index (χ3n) is 2.76. The van der Waals surface area contributed by atoms with Gasteiger partial charge in [-0.25, -0.2) is 0 Å². The average molecular weight is 236 g/mol. The fraction of sp³-hybridized carbons (Fsp3) is 0.462. The topological polar surface area (TPSA) is 36.7 Å². The van der Waals surface area contributed by atoms with Crippen molar-refractivity contribution in [3.63, 3.8) is 0 Å². The highest BCUT2D eigenvalue weighted by molar-refractivity contribution is 5.92. The first-order valence-electron chi connectivity index (χ1n) is 5.92. The van der Waals surface area contributed by atoms with Gasteiger partial charge in [-0.1, -0.05) is 20.4 Å². The lowest BCUT2D eigenvalue weighted by atomic mass is 10.3. The Kier molecular flexibility index (Phi) is 5.49. The number of furan rings is 1. The lowest BCUT2D eigenvalue weighted by Gasteiger charge is -2.22. The summed E-state index contributed by atoms with van der Waals surface area (Å²) in [6, 6.07) is 3.37. The van der Waals surface area contributed by atoms with Crippen LogP contribution in [-0.4, -0.2) is 41.9 Å². The van der Waals surface area contributed by atoms with E-state index in [0.717, 1.165) is 19.6 Å². The largest absolute Gasteiger partial charge is 0.459 e. The van der Waals surface area contributed by atoms with Crippen LogP contribution in [-0.2, 0) is 0 Å². The molecule has 4 nitrogen and oxygen atoms in total. The number of amides is 1. The third-order valence-corrected chi connectivity index (χ3v) is 2.76. The molecular weight excluding hydrogens is 216 g/mol. The number of nitrogens with zero attached hydrogens (tertiary/aromatic N) is 2. The van der Waals surface area contributed by atoms with Gasteiger partial charge in [0.05, 0.1) is 6.26 Å². The molecule has 0 aliphatic carbocycles. The second-order valence-corrected chi connectivity index (χ2v) is 3.69. The summed E-state index contributed by atoms with van der Waals surface area (Å²) in [7, 11) is 0. The Morgan fingerprint density at radius 1 is 1.41 bits per heavy atom. The zero-order valence-corrected chi connectivity index (χ0v) is 10.6. The zero-order valence-electron chi connectivity index (χ0n) is 10.6. The van der Waals surface area contributed by atoms with Crippen LogP contribution in [0.4, 0.5) is 0 Å². The van der Waals surface area contributed by atoms with E-state index in [1.807, 2.05) is 0 Å². The van der Waals surface area contributed by atoms with Crippen molar-refractivity contribution >= 4 is 5.91 Å². The maximum Gasteiger partial charge on any atom is 0.293 e. The van der Waals surface area contributed by atoms with Gasteiger partial charge in [0.15, 0.2) is 5.76 Å². The lowest BCUT2D eigenvalue weighted by Crippen LogP contribution is -2.35. The van der Waals surface area contributed by atoms with Crippen molar-refractivity contribution in [3.05, 3.63) is 36.9 Å². The van der Waals surface area contributed by atoms with Crippen molar-refractivity contribution < 1.29 is 9.21 Å². The monoisotopic (exact) mass is 236 g/mol. The van der Waals surface area contributed by atoms with E-state index in [2.05, 4.69) is 25.3 Å². The van der Waals surface area contributed by atoms with Crippen LogP contribution in [0.1, 0.15) is 24.4 Å². The van der Waals surface area contributed by atoms with Crippen LogP contribution in [0.25, 0.3) is 0 Å². The highest BCUT2D eigenvalue weighted by atomic mass is 16.3. The highest BCUT2D eigenvalue weighted by Gasteiger charge is 2.15. The molecule has 94 valence electrons. The van der Waals surface area contributed by atoms with E-state index in [9.17, 15) is 4.79 Å².